The van der Waals surface area contributed by atoms with E-state index in [0.717, 1.165) is 11.6 Å². The van der Waals surface area contributed by atoms with Gasteiger partial charge in [-0.3, -0.25) is 9.59 Å². The Kier molecular flexibility index (Phi) is 6.60. The Bertz CT molecular complexity index is 795. The van der Waals surface area contributed by atoms with Crippen molar-refractivity contribution in [3.8, 4) is 5.75 Å². The predicted molar refractivity (Wildman–Crippen MR) is 88.4 cm³/mol. The van der Waals surface area contributed by atoms with E-state index in [-0.39, 0.29) is 25.4 Å². The maximum absolute atomic E-state index is 13.5. The zero-order chi connectivity index (χ0) is 19.1. The molecule has 0 bridgehead atoms. The van der Waals surface area contributed by atoms with Gasteiger partial charge in [0.15, 0.2) is 17.5 Å². The topological polar surface area (TPSA) is 67.4 Å². The molecule has 0 radical (unpaired) electrons. The van der Waals surface area contributed by atoms with Gasteiger partial charge in [0.05, 0.1) is 19.1 Å². The molecule has 0 heterocycles. The molecule has 8 heteroatoms. The van der Waals surface area contributed by atoms with E-state index >= 15 is 0 Å². The summed E-state index contributed by atoms with van der Waals surface area (Å²) in [5.41, 5.74) is 0.185. The van der Waals surface area contributed by atoms with Crippen LogP contribution >= 0.6 is 0 Å². The molecule has 0 fully saturated rings. The summed E-state index contributed by atoms with van der Waals surface area (Å²) in [4.78, 5) is 23.6. The molecule has 0 saturated carbocycles. The molecule has 0 atom stereocenters. The van der Waals surface area contributed by atoms with Crippen LogP contribution in [0.15, 0.2) is 36.4 Å². The minimum atomic E-state index is -1.70. The molecule has 0 spiro atoms. The van der Waals surface area contributed by atoms with E-state index in [1.165, 1.54) is 0 Å². The van der Waals surface area contributed by atoms with Crippen molar-refractivity contribution in [3.63, 3.8) is 0 Å². The van der Waals surface area contributed by atoms with Crippen molar-refractivity contribution in [2.24, 2.45) is 0 Å². The van der Waals surface area contributed by atoms with Crippen molar-refractivity contribution in [3.05, 3.63) is 65.0 Å². The van der Waals surface area contributed by atoms with E-state index in [0.29, 0.717) is 11.8 Å². The van der Waals surface area contributed by atoms with Gasteiger partial charge in [0.25, 0.3) is 5.91 Å². The Hall–Kier alpha value is -3.03. The number of carbonyl (C=O) groups is 2. The lowest BCUT2D eigenvalue weighted by Crippen LogP contribution is -2.35. The van der Waals surface area contributed by atoms with E-state index in [1.807, 2.05) is 0 Å². The van der Waals surface area contributed by atoms with Gasteiger partial charge in [-0.1, -0.05) is 12.1 Å². The number of methoxy groups -OCH3 is 1. The van der Waals surface area contributed by atoms with E-state index in [4.69, 9.17) is 4.74 Å². The fourth-order valence-electron chi connectivity index (χ4n) is 2.17. The molecule has 26 heavy (non-hydrogen) atoms. The van der Waals surface area contributed by atoms with Crippen LogP contribution < -0.4 is 15.4 Å². The van der Waals surface area contributed by atoms with Crippen molar-refractivity contribution in [1.29, 1.82) is 0 Å². The highest BCUT2D eigenvalue weighted by atomic mass is 19.2. The van der Waals surface area contributed by atoms with E-state index in [2.05, 4.69) is 10.6 Å². The third-order valence-electron chi connectivity index (χ3n) is 3.54. The van der Waals surface area contributed by atoms with Crippen LogP contribution in [0.3, 0.4) is 0 Å². The summed E-state index contributed by atoms with van der Waals surface area (Å²) in [6, 6.07) is 8.51. The van der Waals surface area contributed by atoms with Gasteiger partial charge in [-0.2, -0.15) is 0 Å². The maximum Gasteiger partial charge on any atom is 0.254 e. The number of rotatable bonds is 7. The SMILES string of the molecule is COc1ccc(CC(=O)NCCNC(=O)c2ccc(F)c(F)c2F)cc1. The Labute approximate surface area is 148 Å². The van der Waals surface area contributed by atoms with Gasteiger partial charge in [-0.15, -0.1) is 0 Å². The number of nitrogens with one attached hydrogen (secondary N) is 2. The second-order valence-electron chi connectivity index (χ2n) is 5.35. The molecule has 0 unspecified atom stereocenters. The number of amides is 2. The first-order valence-electron chi connectivity index (χ1n) is 7.73. The number of benzene rings is 2. The number of hydrogen-bond donors (Lipinski definition) is 2. The standard InChI is InChI=1S/C18H17F3N2O3/c1-26-12-4-2-11(3-5-12)10-15(24)22-8-9-23-18(25)13-6-7-14(19)17(21)16(13)20/h2-7H,8-10H2,1H3,(H,22,24)(H,23,25). The van der Waals surface area contributed by atoms with Crippen molar-refractivity contribution in [2.75, 3.05) is 20.2 Å². The number of ether oxygens (including phenoxy) is 1. The van der Waals surface area contributed by atoms with Crippen molar-refractivity contribution in [1.82, 2.24) is 10.6 Å². The summed E-state index contributed by atoms with van der Waals surface area (Å²) >= 11 is 0. The molecule has 0 aliphatic rings. The summed E-state index contributed by atoms with van der Waals surface area (Å²) in [5.74, 6) is -5.10. The van der Waals surface area contributed by atoms with Crippen molar-refractivity contribution < 1.29 is 27.5 Å². The lowest BCUT2D eigenvalue weighted by molar-refractivity contribution is -0.120. The van der Waals surface area contributed by atoms with Crippen LogP contribution in [-0.4, -0.2) is 32.0 Å². The van der Waals surface area contributed by atoms with Crippen LogP contribution in [-0.2, 0) is 11.2 Å². The number of carbonyl (C=O) groups excluding carboxylic acids is 2. The van der Waals surface area contributed by atoms with Crippen LogP contribution in [0.1, 0.15) is 15.9 Å². The zero-order valence-electron chi connectivity index (χ0n) is 13.9. The molecule has 0 saturated heterocycles. The highest BCUT2D eigenvalue weighted by Crippen LogP contribution is 2.15. The molecule has 0 aliphatic heterocycles. The van der Waals surface area contributed by atoms with Gasteiger partial charge in [0, 0.05) is 13.1 Å². The largest absolute Gasteiger partial charge is 0.497 e. The molecule has 0 aromatic heterocycles. The molecular weight excluding hydrogens is 349 g/mol. The maximum atomic E-state index is 13.5. The van der Waals surface area contributed by atoms with Gasteiger partial charge in [0.2, 0.25) is 5.91 Å². The summed E-state index contributed by atoms with van der Waals surface area (Å²) in [6.45, 7) is 0.109. The van der Waals surface area contributed by atoms with Crippen LogP contribution in [0.5, 0.6) is 5.75 Å². The highest BCUT2D eigenvalue weighted by Gasteiger charge is 2.18. The highest BCUT2D eigenvalue weighted by molar-refractivity contribution is 5.94. The normalized spacial score (nSPS) is 10.3. The second kappa shape index (κ2) is 8.89. The van der Waals surface area contributed by atoms with Crippen LogP contribution in [0.2, 0.25) is 0 Å². The summed E-state index contributed by atoms with van der Waals surface area (Å²) in [7, 11) is 1.54. The summed E-state index contributed by atoms with van der Waals surface area (Å²) in [6.07, 6.45) is 0.149. The number of halogens is 3. The lowest BCUT2D eigenvalue weighted by Gasteiger charge is -2.08. The molecule has 138 valence electrons. The van der Waals surface area contributed by atoms with Gasteiger partial charge < -0.3 is 15.4 Å². The van der Waals surface area contributed by atoms with Crippen LogP contribution in [0, 0.1) is 17.5 Å². The average molecular weight is 366 g/mol. The lowest BCUT2D eigenvalue weighted by atomic mass is 10.1. The first-order valence-corrected chi connectivity index (χ1v) is 7.73. The third-order valence-corrected chi connectivity index (χ3v) is 3.54. The minimum Gasteiger partial charge on any atom is -0.497 e. The summed E-state index contributed by atoms with van der Waals surface area (Å²) in [5, 5.41) is 4.91. The van der Waals surface area contributed by atoms with Crippen molar-refractivity contribution >= 4 is 11.8 Å². The van der Waals surface area contributed by atoms with E-state index < -0.39 is 28.9 Å². The quantitative estimate of drug-likeness (QED) is 0.583. The first kappa shape index (κ1) is 19.3. The first-order chi connectivity index (χ1) is 12.4. The Morgan fingerprint density at radius 3 is 2.23 bits per heavy atom. The third kappa shape index (κ3) is 4.98. The van der Waals surface area contributed by atoms with E-state index in [1.54, 1.807) is 31.4 Å². The van der Waals surface area contributed by atoms with Crippen molar-refractivity contribution in [2.45, 2.75) is 6.42 Å². The molecule has 2 aromatic rings. The second-order valence-corrected chi connectivity index (χ2v) is 5.35. The Morgan fingerprint density at radius 1 is 0.923 bits per heavy atom. The molecular formula is C18H17F3N2O3. The molecule has 2 N–H and O–H groups in total. The Balaban J connectivity index is 1.76. The molecule has 2 amide bonds. The molecule has 0 aliphatic carbocycles. The monoisotopic (exact) mass is 366 g/mol. The fraction of sp³-hybridized carbons (Fsp3) is 0.222. The van der Waals surface area contributed by atoms with Gasteiger partial charge in [-0.05, 0) is 29.8 Å². The van der Waals surface area contributed by atoms with Gasteiger partial charge in [-0.25, -0.2) is 13.2 Å². The Morgan fingerprint density at radius 2 is 1.58 bits per heavy atom. The summed E-state index contributed by atoms with van der Waals surface area (Å²) < 4.78 is 44.5. The van der Waals surface area contributed by atoms with Crippen LogP contribution in [0.4, 0.5) is 13.2 Å². The smallest absolute Gasteiger partial charge is 0.254 e. The van der Waals surface area contributed by atoms with Crippen LogP contribution in [0.25, 0.3) is 0 Å². The molecule has 2 rings (SSSR count). The molecule has 2 aromatic carbocycles. The van der Waals surface area contributed by atoms with Gasteiger partial charge >= 0.3 is 0 Å². The molecule has 5 nitrogen and oxygen atoms in total. The minimum absolute atomic E-state index is 0.00558. The fourth-order valence-corrected chi connectivity index (χ4v) is 2.17. The van der Waals surface area contributed by atoms with E-state index in [9.17, 15) is 22.8 Å². The average Bonchev–Trinajstić information content (AvgIpc) is 2.64. The zero-order valence-corrected chi connectivity index (χ0v) is 13.9. The predicted octanol–water partition coefficient (Wildman–Crippen LogP) is 2.20. The number of hydrogen-bond acceptors (Lipinski definition) is 3. The van der Waals surface area contributed by atoms with Gasteiger partial charge in [0.1, 0.15) is 5.75 Å².